The molecule has 1 aliphatic rings. The topological polar surface area (TPSA) is 36.3 Å². The first-order valence-electron chi connectivity index (χ1n) is 5.92. The predicted octanol–water partition coefficient (Wildman–Crippen LogP) is 2.04. The van der Waals surface area contributed by atoms with Crippen molar-refractivity contribution in [2.45, 2.75) is 38.6 Å². The Kier molecular flexibility index (Phi) is 5.67. The summed E-state index contributed by atoms with van der Waals surface area (Å²) in [7, 11) is 2.14. The largest absolute Gasteiger partial charge is 0.381 e. The molecule has 0 N–H and O–H groups in total. The van der Waals surface area contributed by atoms with E-state index in [1.54, 1.807) is 0 Å². The molecule has 0 aromatic heterocycles. The molecule has 0 amide bonds. The number of nitrogens with zero attached hydrogens (tertiary/aromatic N) is 2. The van der Waals surface area contributed by atoms with Gasteiger partial charge in [-0.25, -0.2) is 0 Å². The summed E-state index contributed by atoms with van der Waals surface area (Å²) in [4.78, 5) is 2.35. The van der Waals surface area contributed by atoms with Crippen LogP contribution >= 0.6 is 0 Å². The number of hydrogen-bond acceptors (Lipinski definition) is 3. The average Bonchev–Trinajstić information content (AvgIpc) is 2.27. The summed E-state index contributed by atoms with van der Waals surface area (Å²) in [6.45, 7) is 5.09. The van der Waals surface area contributed by atoms with Gasteiger partial charge < -0.3 is 9.64 Å². The highest BCUT2D eigenvalue weighted by Crippen LogP contribution is 2.17. The molecule has 0 aromatic rings. The van der Waals surface area contributed by atoms with Crippen LogP contribution in [0.25, 0.3) is 0 Å². The van der Waals surface area contributed by atoms with Crippen LogP contribution in [0.3, 0.4) is 0 Å². The highest BCUT2D eigenvalue weighted by atomic mass is 16.5. The Bertz CT molecular complexity index is 206. The van der Waals surface area contributed by atoms with Crippen LogP contribution in [0.1, 0.15) is 32.6 Å². The normalized spacial score (nSPS) is 20.1. The number of ether oxygens (including phenoxy) is 1. The summed E-state index contributed by atoms with van der Waals surface area (Å²) >= 11 is 0. The van der Waals surface area contributed by atoms with Gasteiger partial charge in [-0.3, -0.25) is 0 Å². The molecular formula is C12H22N2O. The van der Waals surface area contributed by atoms with Crippen LogP contribution in [0.2, 0.25) is 0 Å². The third-order valence-corrected chi connectivity index (χ3v) is 3.31. The number of hydrogen-bond donors (Lipinski definition) is 0. The van der Waals surface area contributed by atoms with Crippen molar-refractivity contribution in [3.63, 3.8) is 0 Å². The fraction of sp³-hybridized carbons (Fsp3) is 0.917. The van der Waals surface area contributed by atoms with Gasteiger partial charge in [0.05, 0.1) is 12.5 Å². The molecule has 1 saturated heterocycles. The van der Waals surface area contributed by atoms with Crippen molar-refractivity contribution in [1.29, 1.82) is 5.26 Å². The molecule has 3 heteroatoms. The zero-order chi connectivity index (χ0) is 11.1. The molecule has 1 rings (SSSR count). The molecule has 1 aliphatic heterocycles. The highest BCUT2D eigenvalue weighted by molar-refractivity contribution is 4.81. The molecular weight excluding hydrogens is 188 g/mol. The minimum absolute atomic E-state index is 0.429. The average molecular weight is 210 g/mol. The van der Waals surface area contributed by atoms with E-state index in [1.807, 2.05) is 0 Å². The van der Waals surface area contributed by atoms with Gasteiger partial charge in [-0.05, 0) is 32.2 Å². The van der Waals surface area contributed by atoms with E-state index in [4.69, 9.17) is 10.00 Å². The van der Waals surface area contributed by atoms with Crippen LogP contribution in [0.5, 0.6) is 0 Å². The van der Waals surface area contributed by atoms with Crippen molar-refractivity contribution in [2.75, 3.05) is 26.8 Å². The predicted molar refractivity (Wildman–Crippen MR) is 60.5 cm³/mol. The molecule has 15 heavy (non-hydrogen) atoms. The summed E-state index contributed by atoms with van der Waals surface area (Å²) in [6.07, 6.45) is 4.06. The highest BCUT2D eigenvalue weighted by Gasteiger charge is 2.19. The Hall–Kier alpha value is -0.590. The fourth-order valence-corrected chi connectivity index (χ4v) is 2.20. The maximum atomic E-state index is 8.73. The lowest BCUT2D eigenvalue weighted by Gasteiger charge is -2.31. The quantitative estimate of drug-likeness (QED) is 0.696. The van der Waals surface area contributed by atoms with Crippen LogP contribution in [-0.4, -0.2) is 37.7 Å². The summed E-state index contributed by atoms with van der Waals surface area (Å²) in [5, 5.41) is 8.73. The molecule has 1 atom stereocenters. The van der Waals surface area contributed by atoms with Gasteiger partial charge in [-0.1, -0.05) is 6.92 Å². The second-order valence-electron chi connectivity index (χ2n) is 4.42. The summed E-state index contributed by atoms with van der Waals surface area (Å²) < 4.78 is 5.34. The molecule has 0 spiro atoms. The van der Waals surface area contributed by atoms with Crippen LogP contribution in [-0.2, 0) is 4.74 Å². The fourth-order valence-electron chi connectivity index (χ4n) is 2.20. The van der Waals surface area contributed by atoms with E-state index in [2.05, 4.69) is 24.9 Å². The van der Waals surface area contributed by atoms with Crippen LogP contribution in [0.15, 0.2) is 0 Å². The van der Waals surface area contributed by atoms with Crippen molar-refractivity contribution in [1.82, 2.24) is 4.90 Å². The molecule has 0 aliphatic carbocycles. The molecule has 0 aromatic carbocycles. The Morgan fingerprint density at radius 1 is 1.47 bits per heavy atom. The summed E-state index contributed by atoms with van der Waals surface area (Å²) in [5.74, 6) is 0.761. The van der Waals surface area contributed by atoms with Crippen molar-refractivity contribution in [2.24, 2.45) is 5.92 Å². The van der Waals surface area contributed by atoms with Gasteiger partial charge >= 0.3 is 0 Å². The van der Waals surface area contributed by atoms with Gasteiger partial charge in [0.2, 0.25) is 0 Å². The molecule has 0 bridgehead atoms. The first kappa shape index (κ1) is 12.5. The van der Waals surface area contributed by atoms with Gasteiger partial charge in [0.1, 0.15) is 0 Å². The third kappa shape index (κ3) is 4.19. The maximum Gasteiger partial charge on any atom is 0.0638 e. The maximum absolute atomic E-state index is 8.73. The molecule has 0 radical (unpaired) electrons. The Morgan fingerprint density at radius 3 is 2.67 bits per heavy atom. The third-order valence-electron chi connectivity index (χ3n) is 3.31. The van der Waals surface area contributed by atoms with E-state index in [-0.39, 0.29) is 0 Å². The van der Waals surface area contributed by atoms with Crippen molar-refractivity contribution in [3.8, 4) is 6.07 Å². The Balaban J connectivity index is 2.31. The minimum atomic E-state index is 0.429. The number of rotatable bonds is 5. The van der Waals surface area contributed by atoms with Crippen LogP contribution in [0, 0.1) is 17.2 Å². The van der Waals surface area contributed by atoms with E-state index in [0.29, 0.717) is 12.5 Å². The van der Waals surface area contributed by atoms with E-state index < -0.39 is 0 Å². The number of nitriles is 1. The zero-order valence-electron chi connectivity index (χ0n) is 9.91. The minimum Gasteiger partial charge on any atom is -0.381 e. The SMILES string of the molecule is CCC(CC#N)N(C)CC1CCOCC1. The molecule has 1 heterocycles. The second-order valence-corrected chi connectivity index (χ2v) is 4.42. The van der Waals surface area contributed by atoms with Gasteiger partial charge in [-0.15, -0.1) is 0 Å². The van der Waals surface area contributed by atoms with Gasteiger partial charge in [0.15, 0.2) is 0 Å². The van der Waals surface area contributed by atoms with Crippen molar-refractivity contribution < 1.29 is 4.74 Å². The smallest absolute Gasteiger partial charge is 0.0638 e. The lowest BCUT2D eigenvalue weighted by Crippen LogP contribution is -2.36. The summed E-state index contributed by atoms with van der Waals surface area (Å²) in [5.41, 5.74) is 0. The van der Waals surface area contributed by atoms with Gasteiger partial charge in [0.25, 0.3) is 0 Å². The van der Waals surface area contributed by atoms with Crippen LogP contribution < -0.4 is 0 Å². The first-order chi connectivity index (χ1) is 7.27. The summed E-state index contributed by atoms with van der Waals surface area (Å²) in [6, 6.07) is 2.70. The van der Waals surface area contributed by atoms with Gasteiger partial charge in [0, 0.05) is 25.8 Å². The molecule has 1 unspecified atom stereocenters. The zero-order valence-corrected chi connectivity index (χ0v) is 9.91. The van der Waals surface area contributed by atoms with E-state index in [9.17, 15) is 0 Å². The Morgan fingerprint density at radius 2 is 2.13 bits per heavy atom. The van der Waals surface area contributed by atoms with E-state index in [1.165, 1.54) is 12.8 Å². The molecule has 3 nitrogen and oxygen atoms in total. The molecule has 86 valence electrons. The van der Waals surface area contributed by atoms with Crippen molar-refractivity contribution >= 4 is 0 Å². The Labute approximate surface area is 93.0 Å². The van der Waals surface area contributed by atoms with Gasteiger partial charge in [-0.2, -0.15) is 5.26 Å². The molecule has 0 saturated carbocycles. The van der Waals surface area contributed by atoms with E-state index in [0.717, 1.165) is 32.1 Å². The van der Waals surface area contributed by atoms with E-state index >= 15 is 0 Å². The second kappa shape index (κ2) is 6.81. The lowest BCUT2D eigenvalue weighted by atomic mass is 9.98. The van der Waals surface area contributed by atoms with Crippen LogP contribution in [0.4, 0.5) is 0 Å². The monoisotopic (exact) mass is 210 g/mol. The first-order valence-corrected chi connectivity index (χ1v) is 5.92. The molecule has 1 fully saturated rings. The lowest BCUT2D eigenvalue weighted by molar-refractivity contribution is 0.0503. The standard InChI is InChI=1S/C12H22N2O/c1-3-12(4-7-13)14(2)10-11-5-8-15-9-6-11/h11-12H,3-6,8-10H2,1-2H3. The van der Waals surface area contributed by atoms with Crippen molar-refractivity contribution in [3.05, 3.63) is 0 Å².